The highest BCUT2D eigenvalue weighted by Gasteiger charge is 2.08. The van der Waals surface area contributed by atoms with Crippen LogP contribution < -0.4 is 0 Å². The van der Waals surface area contributed by atoms with E-state index >= 15 is 0 Å². The highest BCUT2D eigenvalue weighted by molar-refractivity contribution is 8.03. The second kappa shape index (κ2) is 9.87. The fourth-order valence-corrected chi connectivity index (χ4v) is 3.28. The lowest BCUT2D eigenvalue weighted by atomic mass is 9.93. The highest BCUT2D eigenvalue weighted by atomic mass is 32.2. The molecule has 0 radical (unpaired) electrons. The van der Waals surface area contributed by atoms with Crippen molar-refractivity contribution in [1.29, 1.82) is 0 Å². The van der Waals surface area contributed by atoms with E-state index in [1.54, 1.807) is 11.8 Å². The lowest BCUT2D eigenvalue weighted by molar-refractivity contribution is 0.172. The largest absolute Gasteiger partial charge is 0.485 e. The minimum Gasteiger partial charge on any atom is -0.485 e. The Morgan fingerprint density at radius 3 is 2.52 bits per heavy atom. The third-order valence-corrected chi connectivity index (χ3v) is 4.49. The van der Waals surface area contributed by atoms with Crippen molar-refractivity contribution in [2.45, 2.75) is 60.5 Å². The molecule has 0 unspecified atom stereocenters. The van der Waals surface area contributed by atoms with Crippen LogP contribution in [-0.2, 0) is 4.74 Å². The van der Waals surface area contributed by atoms with Gasteiger partial charge in [0.1, 0.15) is 0 Å². The Hall–Kier alpha value is -1.15. The van der Waals surface area contributed by atoms with Crippen molar-refractivity contribution in [2.24, 2.45) is 5.92 Å². The van der Waals surface area contributed by atoms with Crippen LogP contribution in [0.5, 0.6) is 0 Å². The van der Waals surface area contributed by atoms with E-state index in [2.05, 4.69) is 72.4 Å². The number of hydrogen-bond acceptors (Lipinski definition) is 2. The molecule has 0 spiro atoms. The first-order valence-corrected chi connectivity index (χ1v) is 9.62. The average Bonchev–Trinajstić information content (AvgIpc) is 2.45. The van der Waals surface area contributed by atoms with Gasteiger partial charge in [-0.15, -0.1) is 0 Å². The third kappa shape index (κ3) is 7.30. The quantitative estimate of drug-likeness (QED) is 0.454. The van der Waals surface area contributed by atoms with Crippen LogP contribution >= 0.6 is 11.8 Å². The molecule has 0 fully saturated rings. The summed E-state index contributed by atoms with van der Waals surface area (Å²) in [5.74, 6) is 1.71. The number of ether oxygens (including phenoxy) is 1. The first-order valence-electron chi connectivity index (χ1n) is 8.63. The zero-order valence-electron chi connectivity index (χ0n) is 15.6. The molecule has 0 heterocycles. The number of benzene rings is 1. The highest BCUT2D eigenvalue weighted by Crippen LogP contribution is 2.28. The number of hydrogen-bond donors (Lipinski definition) is 0. The van der Waals surface area contributed by atoms with Crippen molar-refractivity contribution >= 4 is 23.4 Å². The lowest BCUT2D eigenvalue weighted by Gasteiger charge is -2.15. The van der Waals surface area contributed by atoms with Crippen LogP contribution in [0.3, 0.4) is 0 Å². The van der Waals surface area contributed by atoms with Gasteiger partial charge in [-0.2, -0.15) is 0 Å². The SMILES string of the molecule is C=C(CC(C)C)c1cc(/C=C(\OC(C)C)SCCC)ccc1C. The van der Waals surface area contributed by atoms with Gasteiger partial charge in [0.25, 0.3) is 0 Å². The summed E-state index contributed by atoms with van der Waals surface area (Å²) in [6, 6.07) is 6.60. The Labute approximate surface area is 147 Å². The van der Waals surface area contributed by atoms with E-state index in [4.69, 9.17) is 4.74 Å². The van der Waals surface area contributed by atoms with E-state index in [-0.39, 0.29) is 6.10 Å². The molecule has 128 valence electrons. The van der Waals surface area contributed by atoms with Crippen LogP contribution in [0.25, 0.3) is 11.6 Å². The van der Waals surface area contributed by atoms with Crippen LogP contribution in [0.15, 0.2) is 29.9 Å². The molecule has 0 aliphatic heterocycles. The van der Waals surface area contributed by atoms with Crippen LogP contribution in [0, 0.1) is 12.8 Å². The molecule has 1 rings (SSSR count). The molecule has 0 atom stereocenters. The van der Waals surface area contributed by atoms with E-state index in [1.165, 1.54) is 22.3 Å². The van der Waals surface area contributed by atoms with Gasteiger partial charge >= 0.3 is 0 Å². The molecule has 0 aliphatic rings. The maximum Gasteiger partial charge on any atom is 0.154 e. The molecule has 0 N–H and O–H groups in total. The van der Waals surface area contributed by atoms with Crippen LogP contribution in [0.4, 0.5) is 0 Å². The van der Waals surface area contributed by atoms with E-state index < -0.39 is 0 Å². The van der Waals surface area contributed by atoms with Gasteiger partial charge in [0.05, 0.1) is 6.10 Å². The summed E-state index contributed by atoms with van der Waals surface area (Å²) in [6.07, 6.45) is 4.54. The van der Waals surface area contributed by atoms with Crippen molar-refractivity contribution in [2.75, 3.05) is 5.75 Å². The molecule has 0 saturated carbocycles. The topological polar surface area (TPSA) is 9.23 Å². The van der Waals surface area contributed by atoms with Gasteiger partial charge in [-0.1, -0.05) is 51.2 Å². The van der Waals surface area contributed by atoms with E-state index in [0.29, 0.717) is 5.92 Å². The smallest absolute Gasteiger partial charge is 0.154 e. The third-order valence-electron chi connectivity index (χ3n) is 3.38. The zero-order valence-corrected chi connectivity index (χ0v) is 16.4. The Bertz CT molecular complexity index is 541. The van der Waals surface area contributed by atoms with Gasteiger partial charge in [0, 0.05) is 5.75 Å². The second-order valence-corrected chi connectivity index (χ2v) is 7.85. The Morgan fingerprint density at radius 1 is 1.26 bits per heavy atom. The van der Waals surface area contributed by atoms with Gasteiger partial charge < -0.3 is 4.74 Å². The summed E-state index contributed by atoms with van der Waals surface area (Å²) < 4.78 is 5.95. The van der Waals surface area contributed by atoms with Gasteiger partial charge in [0.15, 0.2) is 5.09 Å². The Morgan fingerprint density at radius 2 is 1.96 bits per heavy atom. The molecule has 1 aromatic rings. The average molecular weight is 333 g/mol. The summed E-state index contributed by atoms with van der Waals surface area (Å²) in [6.45, 7) is 17.3. The molecule has 1 aromatic carbocycles. The number of aryl methyl sites for hydroxylation is 1. The fourth-order valence-electron chi connectivity index (χ4n) is 2.39. The fraction of sp³-hybridized carbons (Fsp3) is 0.524. The predicted molar refractivity (Wildman–Crippen MR) is 107 cm³/mol. The second-order valence-electron chi connectivity index (χ2n) is 6.75. The Kier molecular flexibility index (Phi) is 8.54. The lowest BCUT2D eigenvalue weighted by Crippen LogP contribution is -2.01. The summed E-state index contributed by atoms with van der Waals surface area (Å²) >= 11 is 1.79. The summed E-state index contributed by atoms with van der Waals surface area (Å²) in [7, 11) is 0. The maximum absolute atomic E-state index is 5.95. The minimum absolute atomic E-state index is 0.200. The molecular formula is C21H32OS. The molecule has 2 heteroatoms. The molecule has 0 aromatic heterocycles. The summed E-state index contributed by atoms with van der Waals surface area (Å²) in [4.78, 5) is 0. The van der Waals surface area contributed by atoms with Crippen molar-refractivity contribution in [3.05, 3.63) is 46.6 Å². The van der Waals surface area contributed by atoms with Crippen molar-refractivity contribution in [1.82, 2.24) is 0 Å². The number of allylic oxidation sites excluding steroid dienone is 1. The van der Waals surface area contributed by atoms with Crippen molar-refractivity contribution in [3.63, 3.8) is 0 Å². The van der Waals surface area contributed by atoms with Crippen LogP contribution in [-0.4, -0.2) is 11.9 Å². The molecule has 1 nitrogen and oxygen atoms in total. The van der Waals surface area contributed by atoms with Crippen LogP contribution in [0.2, 0.25) is 0 Å². The first-order chi connectivity index (χ1) is 10.8. The first kappa shape index (κ1) is 19.9. The summed E-state index contributed by atoms with van der Waals surface area (Å²) in [5.41, 5.74) is 4.98. The zero-order chi connectivity index (χ0) is 17.4. The number of thioether (sulfide) groups is 1. The molecule has 0 amide bonds. The van der Waals surface area contributed by atoms with Crippen molar-refractivity contribution < 1.29 is 4.74 Å². The number of rotatable bonds is 9. The summed E-state index contributed by atoms with van der Waals surface area (Å²) in [5, 5.41) is 1.01. The van der Waals surface area contributed by atoms with Crippen molar-refractivity contribution in [3.8, 4) is 0 Å². The van der Waals surface area contributed by atoms with Gasteiger partial charge in [-0.05, 0) is 73.9 Å². The molecule has 0 aliphatic carbocycles. The molecular weight excluding hydrogens is 300 g/mol. The van der Waals surface area contributed by atoms with E-state index in [0.717, 1.165) is 23.7 Å². The van der Waals surface area contributed by atoms with E-state index in [9.17, 15) is 0 Å². The molecule has 23 heavy (non-hydrogen) atoms. The standard InChI is InChI=1S/C21H32OS/c1-8-11-23-21(22-16(4)5)14-19-10-9-17(6)20(13-19)18(7)12-15(2)3/h9-10,13-16H,7-8,11-12H2,1-6H3/b21-14+. The van der Waals surface area contributed by atoms with E-state index in [1.807, 2.05) is 0 Å². The predicted octanol–water partition coefficient (Wildman–Crippen LogP) is 6.92. The Balaban J connectivity index is 3.05. The van der Waals surface area contributed by atoms with Gasteiger partial charge in [-0.3, -0.25) is 0 Å². The minimum atomic E-state index is 0.200. The van der Waals surface area contributed by atoms with Gasteiger partial charge in [0.2, 0.25) is 0 Å². The molecule has 0 bridgehead atoms. The molecule has 0 saturated heterocycles. The monoisotopic (exact) mass is 332 g/mol. The van der Waals surface area contributed by atoms with Gasteiger partial charge in [-0.25, -0.2) is 0 Å². The van der Waals surface area contributed by atoms with Crippen LogP contribution in [0.1, 0.15) is 64.2 Å². The normalized spacial score (nSPS) is 12.1. The maximum atomic E-state index is 5.95.